The van der Waals surface area contributed by atoms with Gasteiger partial charge in [0.2, 0.25) is 0 Å². The van der Waals surface area contributed by atoms with E-state index in [0.29, 0.717) is 30.8 Å². The first-order valence-electron chi connectivity index (χ1n) is 5.56. The monoisotopic (exact) mass is 267 g/mol. The quantitative estimate of drug-likeness (QED) is 0.841. The van der Waals surface area contributed by atoms with Crippen LogP contribution in [0.3, 0.4) is 0 Å². The zero-order valence-electron chi connectivity index (χ0n) is 10.0. The molecule has 2 N–H and O–H groups in total. The smallest absolute Gasteiger partial charge is 0.320 e. The van der Waals surface area contributed by atoms with Gasteiger partial charge in [-0.25, -0.2) is 9.18 Å². The van der Waals surface area contributed by atoms with Crippen LogP contribution in [-0.4, -0.2) is 41.0 Å². The van der Waals surface area contributed by atoms with Gasteiger partial charge in [0.25, 0.3) is 0 Å². The molecular formula is C12H14FN3OS. The molecule has 1 aliphatic rings. The number of nitrogens with two attached hydrogens (primary N) is 1. The number of carbonyl (C=O) groups is 1. The maximum Gasteiger partial charge on any atom is 0.320 e. The SMILES string of the molecule is CN1CCN(Cc2cc(F)cc(C(N)=S)c2)C1=O. The number of halogens is 1. The Kier molecular flexibility index (Phi) is 3.47. The average Bonchev–Trinajstić information content (AvgIpc) is 2.60. The van der Waals surface area contributed by atoms with Gasteiger partial charge in [-0.3, -0.25) is 0 Å². The Hall–Kier alpha value is -1.69. The van der Waals surface area contributed by atoms with Crippen LogP contribution >= 0.6 is 12.2 Å². The number of likely N-dealkylation sites (N-methyl/N-ethyl adjacent to an activating group) is 1. The Morgan fingerprint density at radius 3 is 2.72 bits per heavy atom. The van der Waals surface area contributed by atoms with Gasteiger partial charge in [0.1, 0.15) is 10.8 Å². The molecule has 1 aromatic rings. The Labute approximate surface area is 110 Å². The van der Waals surface area contributed by atoms with E-state index in [1.165, 1.54) is 12.1 Å². The van der Waals surface area contributed by atoms with Gasteiger partial charge in [-0.15, -0.1) is 0 Å². The van der Waals surface area contributed by atoms with Gasteiger partial charge in [-0.2, -0.15) is 0 Å². The second-order valence-corrected chi connectivity index (χ2v) is 4.78. The molecule has 1 heterocycles. The van der Waals surface area contributed by atoms with Crippen LogP contribution < -0.4 is 5.73 Å². The molecule has 0 unspecified atom stereocenters. The molecule has 0 radical (unpaired) electrons. The summed E-state index contributed by atoms with van der Waals surface area (Å²) in [5, 5.41) is 0. The number of urea groups is 1. The third-order valence-electron chi connectivity index (χ3n) is 2.92. The van der Waals surface area contributed by atoms with Gasteiger partial charge in [0.05, 0.1) is 0 Å². The molecule has 96 valence electrons. The molecule has 0 aliphatic carbocycles. The lowest BCUT2D eigenvalue weighted by molar-refractivity contribution is 0.197. The Morgan fingerprint density at radius 2 is 2.17 bits per heavy atom. The van der Waals surface area contributed by atoms with E-state index in [4.69, 9.17) is 18.0 Å². The van der Waals surface area contributed by atoms with E-state index in [1.807, 2.05) is 0 Å². The summed E-state index contributed by atoms with van der Waals surface area (Å²) in [6.07, 6.45) is 0. The van der Waals surface area contributed by atoms with Crippen LogP contribution in [0.4, 0.5) is 9.18 Å². The summed E-state index contributed by atoms with van der Waals surface area (Å²) in [6.45, 7) is 1.71. The highest BCUT2D eigenvalue weighted by Gasteiger charge is 2.25. The summed E-state index contributed by atoms with van der Waals surface area (Å²) < 4.78 is 13.4. The van der Waals surface area contributed by atoms with E-state index in [9.17, 15) is 9.18 Å². The average molecular weight is 267 g/mol. The van der Waals surface area contributed by atoms with Crippen LogP contribution in [0.15, 0.2) is 18.2 Å². The maximum absolute atomic E-state index is 13.4. The standard InChI is InChI=1S/C12H14FN3OS/c1-15-2-3-16(12(15)17)7-8-4-9(11(14)18)6-10(13)5-8/h4-6H,2-3,7H2,1H3,(H2,14,18). The molecule has 0 spiro atoms. The summed E-state index contributed by atoms with van der Waals surface area (Å²) in [4.78, 5) is 15.2. The second-order valence-electron chi connectivity index (χ2n) is 4.34. The Morgan fingerprint density at radius 1 is 1.44 bits per heavy atom. The van der Waals surface area contributed by atoms with Crippen LogP contribution in [0.1, 0.15) is 11.1 Å². The third-order valence-corrected chi connectivity index (χ3v) is 3.15. The highest BCUT2D eigenvalue weighted by Crippen LogP contribution is 2.15. The van der Waals surface area contributed by atoms with Gasteiger partial charge in [0.15, 0.2) is 0 Å². The number of thiocarbonyl (C=S) groups is 1. The number of hydrogen-bond acceptors (Lipinski definition) is 2. The molecule has 2 amide bonds. The summed E-state index contributed by atoms with van der Waals surface area (Å²) in [7, 11) is 1.74. The fourth-order valence-corrected chi connectivity index (χ4v) is 2.07. The van der Waals surface area contributed by atoms with Crippen molar-refractivity contribution in [2.75, 3.05) is 20.1 Å². The van der Waals surface area contributed by atoms with Crippen molar-refractivity contribution in [3.63, 3.8) is 0 Å². The molecule has 1 aliphatic heterocycles. The predicted molar refractivity (Wildman–Crippen MR) is 70.7 cm³/mol. The van der Waals surface area contributed by atoms with Gasteiger partial charge < -0.3 is 15.5 Å². The number of carbonyl (C=O) groups excluding carboxylic acids is 1. The summed E-state index contributed by atoms with van der Waals surface area (Å²) in [6, 6.07) is 4.37. The fraction of sp³-hybridized carbons (Fsp3) is 0.333. The van der Waals surface area contributed by atoms with Crippen molar-refractivity contribution in [2.24, 2.45) is 5.73 Å². The van der Waals surface area contributed by atoms with Crippen molar-refractivity contribution >= 4 is 23.2 Å². The minimum atomic E-state index is -0.393. The molecule has 2 rings (SSSR count). The summed E-state index contributed by atoms with van der Waals surface area (Å²) in [5.41, 5.74) is 6.67. The molecule has 0 bridgehead atoms. The number of rotatable bonds is 3. The zero-order valence-corrected chi connectivity index (χ0v) is 10.8. The van der Waals surface area contributed by atoms with Crippen molar-refractivity contribution in [2.45, 2.75) is 6.54 Å². The van der Waals surface area contributed by atoms with E-state index < -0.39 is 5.82 Å². The zero-order chi connectivity index (χ0) is 13.3. The lowest BCUT2D eigenvalue weighted by atomic mass is 10.1. The highest BCUT2D eigenvalue weighted by atomic mass is 32.1. The van der Waals surface area contributed by atoms with Crippen LogP contribution in [0.2, 0.25) is 0 Å². The minimum absolute atomic E-state index is 0.0452. The largest absolute Gasteiger partial charge is 0.389 e. The van der Waals surface area contributed by atoms with Crippen molar-refractivity contribution in [1.82, 2.24) is 9.80 Å². The third kappa shape index (κ3) is 2.59. The first kappa shape index (κ1) is 12.8. The van der Waals surface area contributed by atoms with Crippen molar-refractivity contribution in [3.05, 3.63) is 35.1 Å². The fourth-order valence-electron chi connectivity index (χ4n) is 1.95. The molecule has 6 heteroatoms. The van der Waals surface area contributed by atoms with Crippen molar-refractivity contribution < 1.29 is 9.18 Å². The van der Waals surface area contributed by atoms with Gasteiger partial charge in [-0.05, 0) is 23.8 Å². The highest BCUT2D eigenvalue weighted by molar-refractivity contribution is 7.80. The molecule has 0 aromatic heterocycles. The molecule has 1 fully saturated rings. The van der Waals surface area contributed by atoms with Gasteiger partial charge in [0, 0.05) is 32.2 Å². The molecule has 1 aromatic carbocycles. The molecular weight excluding hydrogens is 253 g/mol. The lowest BCUT2D eigenvalue weighted by Crippen LogP contribution is -2.29. The Bertz CT molecular complexity index is 506. The van der Waals surface area contributed by atoms with Gasteiger partial charge in [-0.1, -0.05) is 12.2 Å². The van der Waals surface area contributed by atoms with E-state index in [0.717, 1.165) is 0 Å². The molecule has 4 nitrogen and oxygen atoms in total. The first-order chi connectivity index (χ1) is 8.47. The van der Waals surface area contributed by atoms with E-state index in [1.54, 1.807) is 22.9 Å². The summed E-state index contributed by atoms with van der Waals surface area (Å²) in [5.74, 6) is -0.393. The maximum atomic E-state index is 13.4. The van der Waals surface area contributed by atoms with Gasteiger partial charge >= 0.3 is 6.03 Å². The van der Waals surface area contributed by atoms with Crippen LogP contribution in [0.5, 0.6) is 0 Å². The van der Waals surface area contributed by atoms with Crippen molar-refractivity contribution in [1.29, 1.82) is 0 Å². The minimum Gasteiger partial charge on any atom is -0.389 e. The van der Waals surface area contributed by atoms with Crippen LogP contribution in [0, 0.1) is 5.82 Å². The van der Waals surface area contributed by atoms with Crippen LogP contribution in [-0.2, 0) is 6.54 Å². The Balaban J connectivity index is 2.19. The lowest BCUT2D eigenvalue weighted by Gasteiger charge is -2.16. The second kappa shape index (κ2) is 4.89. The van der Waals surface area contributed by atoms with Crippen molar-refractivity contribution in [3.8, 4) is 0 Å². The number of amides is 2. The number of nitrogens with zero attached hydrogens (tertiary/aromatic N) is 2. The molecule has 0 saturated carbocycles. The van der Waals surface area contributed by atoms with E-state index >= 15 is 0 Å². The molecule has 1 saturated heterocycles. The number of benzene rings is 1. The van der Waals surface area contributed by atoms with Crippen LogP contribution in [0.25, 0.3) is 0 Å². The molecule has 18 heavy (non-hydrogen) atoms. The molecule has 0 atom stereocenters. The predicted octanol–water partition coefficient (Wildman–Crippen LogP) is 1.33. The first-order valence-corrected chi connectivity index (χ1v) is 5.97. The topological polar surface area (TPSA) is 49.6 Å². The number of hydrogen-bond donors (Lipinski definition) is 1. The van der Waals surface area contributed by atoms with E-state index in [-0.39, 0.29) is 11.0 Å². The van der Waals surface area contributed by atoms with E-state index in [2.05, 4.69) is 0 Å². The summed E-state index contributed by atoms with van der Waals surface area (Å²) >= 11 is 4.83. The normalized spacial score (nSPS) is 15.3.